The first kappa shape index (κ1) is 16.0. The SMILES string of the molecule is CC(=O)Nc1cccc(CNC(=O)[C@@H]2[C@H](C(=O)O)C2(C)C)c1. The quantitative estimate of drug-likeness (QED) is 0.770. The molecule has 22 heavy (non-hydrogen) atoms. The number of carbonyl (C=O) groups is 3. The first-order valence-electron chi connectivity index (χ1n) is 7.10. The summed E-state index contributed by atoms with van der Waals surface area (Å²) in [6.07, 6.45) is 0. The smallest absolute Gasteiger partial charge is 0.307 e. The van der Waals surface area contributed by atoms with E-state index in [1.165, 1.54) is 6.92 Å². The fourth-order valence-corrected chi connectivity index (χ4v) is 2.85. The molecule has 0 aliphatic heterocycles. The zero-order valence-corrected chi connectivity index (χ0v) is 12.8. The first-order valence-corrected chi connectivity index (χ1v) is 7.10. The number of carboxylic acid groups (broad SMARTS) is 1. The third kappa shape index (κ3) is 3.27. The van der Waals surface area contributed by atoms with E-state index in [-0.39, 0.29) is 11.8 Å². The standard InChI is InChI=1S/C16H20N2O4/c1-9(19)18-11-6-4-5-10(7-11)8-17-14(20)12-13(15(21)22)16(12,2)3/h4-7,12-13H,8H2,1-3H3,(H,17,20)(H,18,19)(H,21,22)/t12-,13+/m0/s1. The molecule has 0 saturated heterocycles. The topological polar surface area (TPSA) is 95.5 Å². The van der Waals surface area contributed by atoms with Crippen LogP contribution in [0.15, 0.2) is 24.3 Å². The summed E-state index contributed by atoms with van der Waals surface area (Å²) in [6.45, 7) is 5.29. The molecular weight excluding hydrogens is 284 g/mol. The number of nitrogens with one attached hydrogen (secondary N) is 2. The van der Waals surface area contributed by atoms with Gasteiger partial charge >= 0.3 is 5.97 Å². The molecule has 3 N–H and O–H groups in total. The average Bonchev–Trinajstić information content (AvgIpc) is 2.99. The molecule has 0 heterocycles. The number of amides is 2. The first-order chi connectivity index (χ1) is 10.2. The molecule has 0 aromatic heterocycles. The van der Waals surface area contributed by atoms with E-state index in [0.29, 0.717) is 12.2 Å². The van der Waals surface area contributed by atoms with Crippen molar-refractivity contribution in [3.05, 3.63) is 29.8 Å². The molecular formula is C16H20N2O4. The summed E-state index contributed by atoms with van der Waals surface area (Å²) >= 11 is 0. The van der Waals surface area contributed by atoms with Crippen molar-refractivity contribution < 1.29 is 19.5 Å². The van der Waals surface area contributed by atoms with Crippen molar-refractivity contribution in [2.24, 2.45) is 17.3 Å². The molecule has 1 fully saturated rings. The van der Waals surface area contributed by atoms with E-state index in [9.17, 15) is 14.4 Å². The monoisotopic (exact) mass is 304 g/mol. The summed E-state index contributed by atoms with van der Waals surface area (Å²) in [4.78, 5) is 34.2. The van der Waals surface area contributed by atoms with Crippen molar-refractivity contribution in [2.45, 2.75) is 27.3 Å². The van der Waals surface area contributed by atoms with Crippen LogP contribution in [0.5, 0.6) is 0 Å². The highest BCUT2D eigenvalue weighted by Gasteiger charge is 2.65. The third-order valence-corrected chi connectivity index (χ3v) is 4.09. The number of benzene rings is 1. The normalized spacial score (nSPS) is 21.8. The summed E-state index contributed by atoms with van der Waals surface area (Å²) in [6, 6.07) is 7.15. The van der Waals surface area contributed by atoms with Crippen LogP contribution in [0.3, 0.4) is 0 Å². The summed E-state index contributed by atoms with van der Waals surface area (Å²) in [5, 5.41) is 14.5. The van der Waals surface area contributed by atoms with E-state index in [4.69, 9.17) is 5.11 Å². The number of aliphatic carboxylic acids is 1. The summed E-state index contributed by atoms with van der Waals surface area (Å²) in [5.74, 6) is -2.47. The number of hydrogen-bond acceptors (Lipinski definition) is 3. The van der Waals surface area contributed by atoms with Gasteiger partial charge in [-0.05, 0) is 23.1 Å². The maximum Gasteiger partial charge on any atom is 0.307 e. The number of rotatable bonds is 5. The maximum atomic E-state index is 12.1. The minimum absolute atomic E-state index is 0.162. The Bertz CT molecular complexity index is 624. The van der Waals surface area contributed by atoms with E-state index in [1.54, 1.807) is 32.0 Å². The molecule has 0 unspecified atom stereocenters. The lowest BCUT2D eigenvalue weighted by molar-refractivity contribution is -0.140. The van der Waals surface area contributed by atoms with Crippen LogP contribution >= 0.6 is 0 Å². The van der Waals surface area contributed by atoms with Gasteiger partial charge in [0, 0.05) is 19.2 Å². The van der Waals surface area contributed by atoms with Crippen molar-refractivity contribution in [2.75, 3.05) is 5.32 Å². The van der Waals surface area contributed by atoms with Gasteiger partial charge in [-0.25, -0.2) is 0 Å². The van der Waals surface area contributed by atoms with Crippen LogP contribution in [0.2, 0.25) is 0 Å². The molecule has 2 atom stereocenters. The number of carboxylic acids is 1. The minimum atomic E-state index is -0.933. The molecule has 2 amide bonds. The Balaban J connectivity index is 1.95. The molecule has 0 radical (unpaired) electrons. The number of anilines is 1. The summed E-state index contributed by atoms with van der Waals surface area (Å²) in [7, 11) is 0. The van der Waals surface area contributed by atoms with Gasteiger partial charge in [-0.15, -0.1) is 0 Å². The van der Waals surface area contributed by atoms with Gasteiger partial charge in [0.05, 0.1) is 11.8 Å². The summed E-state index contributed by atoms with van der Waals surface area (Å²) in [5.41, 5.74) is 0.993. The van der Waals surface area contributed by atoms with Crippen LogP contribution in [0, 0.1) is 17.3 Å². The molecule has 1 saturated carbocycles. The molecule has 6 heteroatoms. The summed E-state index contributed by atoms with van der Waals surface area (Å²) < 4.78 is 0. The van der Waals surface area contributed by atoms with Gasteiger partial charge in [0.1, 0.15) is 0 Å². The molecule has 1 aliphatic rings. The average molecular weight is 304 g/mol. The largest absolute Gasteiger partial charge is 0.481 e. The maximum absolute atomic E-state index is 12.1. The molecule has 1 aromatic carbocycles. The van der Waals surface area contributed by atoms with Crippen LogP contribution in [0.25, 0.3) is 0 Å². The Morgan fingerprint density at radius 1 is 1.23 bits per heavy atom. The predicted octanol–water partition coefficient (Wildman–Crippen LogP) is 1.62. The zero-order chi connectivity index (χ0) is 16.5. The van der Waals surface area contributed by atoms with E-state index in [2.05, 4.69) is 10.6 Å². The van der Waals surface area contributed by atoms with Crippen LogP contribution in [-0.4, -0.2) is 22.9 Å². The van der Waals surface area contributed by atoms with Crippen molar-refractivity contribution in [3.63, 3.8) is 0 Å². The molecule has 118 valence electrons. The highest BCUT2D eigenvalue weighted by molar-refractivity contribution is 5.91. The van der Waals surface area contributed by atoms with E-state index in [1.807, 2.05) is 6.07 Å². The van der Waals surface area contributed by atoms with Gasteiger partial charge in [0.25, 0.3) is 0 Å². The minimum Gasteiger partial charge on any atom is -0.481 e. The third-order valence-electron chi connectivity index (χ3n) is 4.09. The lowest BCUT2D eigenvalue weighted by Crippen LogP contribution is -2.26. The van der Waals surface area contributed by atoms with Gasteiger partial charge in [-0.1, -0.05) is 26.0 Å². The van der Waals surface area contributed by atoms with Crippen molar-refractivity contribution >= 4 is 23.5 Å². The molecule has 0 spiro atoms. The Labute approximate surface area is 128 Å². The fraction of sp³-hybridized carbons (Fsp3) is 0.438. The lowest BCUT2D eigenvalue weighted by atomic mass is 10.1. The molecule has 2 rings (SSSR count). The molecule has 6 nitrogen and oxygen atoms in total. The predicted molar refractivity (Wildman–Crippen MR) is 81.0 cm³/mol. The van der Waals surface area contributed by atoms with Crippen LogP contribution in [0.4, 0.5) is 5.69 Å². The highest BCUT2D eigenvalue weighted by Crippen LogP contribution is 2.58. The van der Waals surface area contributed by atoms with Gasteiger partial charge in [0.15, 0.2) is 0 Å². The van der Waals surface area contributed by atoms with Crippen LogP contribution in [-0.2, 0) is 20.9 Å². The Morgan fingerprint density at radius 2 is 1.91 bits per heavy atom. The number of carbonyl (C=O) groups excluding carboxylic acids is 2. The van der Waals surface area contributed by atoms with Crippen molar-refractivity contribution in [1.82, 2.24) is 5.32 Å². The Kier molecular flexibility index (Phi) is 4.21. The van der Waals surface area contributed by atoms with Gasteiger partial charge in [0.2, 0.25) is 11.8 Å². The fourth-order valence-electron chi connectivity index (χ4n) is 2.85. The zero-order valence-electron chi connectivity index (χ0n) is 12.8. The molecule has 1 aliphatic carbocycles. The van der Waals surface area contributed by atoms with Crippen molar-refractivity contribution in [1.29, 1.82) is 0 Å². The highest BCUT2D eigenvalue weighted by atomic mass is 16.4. The van der Waals surface area contributed by atoms with E-state index >= 15 is 0 Å². The second-order valence-corrected chi connectivity index (χ2v) is 6.21. The van der Waals surface area contributed by atoms with Gasteiger partial charge in [-0.3, -0.25) is 14.4 Å². The van der Waals surface area contributed by atoms with Gasteiger partial charge < -0.3 is 15.7 Å². The van der Waals surface area contributed by atoms with Crippen LogP contribution in [0.1, 0.15) is 26.3 Å². The molecule has 1 aromatic rings. The van der Waals surface area contributed by atoms with Gasteiger partial charge in [-0.2, -0.15) is 0 Å². The second kappa shape index (κ2) is 5.79. The van der Waals surface area contributed by atoms with Crippen molar-refractivity contribution in [3.8, 4) is 0 Å². The number of hydrogen-bond donors (Lipinski definition) is 3. The second-order valence-electron chi connectivity index (χ2n) is 6.21. The lowest BCUT2D eigenvalue weighted by Gasteiger charge is -2.08. The Morgan fingerprint density at radius 3 is 2.45 bits per heavy atom. The Hall–Kier alpha value is -2.37. The molecule has 0 bridgehead atoms. The van der Waals surface area contributed by atoms with E-state index < -0.39 is 23.2 Å². The van der Waals surface area contributed by atoms with E-state index in [0.717, 1.165) is 5.56 Å². The van der Waals surface area contributed by atoms with Crippen LogP contribution < -0.4 is 10.6 Å².